The van der Waals surface area contributed by atoms with Crippen molar-refractivity contribution in [1.82, 2.24) is 0 Å². The van der Waals surface area contributed by atoms with Crippen molar-refractivity contribution in [3.05, 3.63) is 179 Å². The highest BCUT2D eigenvalue weighted by atomic mass is 16.5. The number of rotatable bonds is 14. The van der Waals surface area contributed by atoms with Gasteiger partial charge in [0.1, 0.15) is 18.3 Å². The third-order valence-corrected chi connectivity index (χ3v) is 7.00. The number of ketones is 1. The molecule has 0 aliphatic rings. The minimum atomic E-state index is -0.955. The van der Waals surface area contributed by atoms with Gasteiger partial charge in [0, 0.05) is 0 Å². The predicted molar refractivity (Wildman–Crippen MR) is 161 cm³/mol. The molecule has 0 radical (unpaired) electrons. The van der Waals surface area contributed by atoms with Gasteiger partial charge in [-0.1, -0.05) is 152 Å². The second-order valence-corrected chi connectivity index (χ2v) is 9.82. The van der Waals surface area contributed by atoms with Crippen molar-refractivity contribution >= 4 is 5.78 Å². The molecule has 0 spiro atoms. The fourth-order valence-electron chi connectivity index (χ4n) is 4.91. The van der Waals surface area contributed by atoms with Gasteiger partial charge in [-0.3, -0.25) is 4.79 Å². The van der Waals surface area contributed by atoms with Gasteiger partial charge in [-0.05, 0) is 27.8 Å². The van der Waals surface area contributed by atoms with Gasteiger partial charge in [-0.15, -0.1) is 0 Å². The molecular formula is C37H34O4. The SMILES string of the molecule is O=C(COCc1ccccc1)C(COC(c1ccccc1)(c1ccccc1)c1ccccc1)OCc1ccccc1. The van der Waals surface area contributed by atoms with E-state index in [0.29, 0.717) is 6.61 Å². The molecule has 0 heterocycles. The van der Waals surface area contributed by atoms with Crippen LogP contribution in [0.15, 0.2) is 152 Å². The largest absolute Gasteiger partial charge is 0.369 e. The van der Waals surface area contributed by atoms with Gasteiger partial charge in [0.2, 0.25) is 0 Å². The zero-order chi connectivity index (χ0) is 28.2. The standard InChI is InChI=1S/C37H34O4/c38-35(28-39-26-30-16-6-1-7-17-30)36(40-27-31-18-8-2-9-19-31)29-41-37(32-20-10-3-11-21-32,33-22-12-4-13-23-33)34-24-14-5-15-25-34/h1-25,36H,26-29H2. The van der Waals surface area contributed by atoms with Gasteiger partial charge < -0.3 is 14.2 Å². The first kappa shape index (κ1) is 28.2. The van der Waals surface area contributed by atoms with E-state index in [0.717, 1.165) is 27.8 Å². The van der Waals surface area contributed by atoms with E-state index in [9.17, 15) is 4.79 Å². The molecule has 5 rings (SSSR count). The van der Waals surface area contributed by atoms with Gasteiger partial charge in [0.25, 0.3) is 0 Å². The van der Waals surface area contributed by atoms with Crippen molar-refractivity contribution in [2.75, 3.05) is 13.2 Å². The Morgan fingerprint density at radius 2 is 0.927 bits per heavy atom. The van der Waals surface area contributed by atoms with Crippen molar-refractivity contribution in [3.8, 4) is 0 Å². The van der Waals surface area contributed by atoms with Crippen molar-refractivity contribution in [2.24, 2.45) is 0 Å². The lowest BCUT2D eigenvalue weighted by Gasteiger charge is -2.37. The van der Waals surface area contributed by atoms with Crippen molar-refractivity contribution in [3.63, 3.8) is 0 Å². The van der Waals surface area contributed by atoms with E-state index in [1.54, 1.807) is 0 Å². The first-order valence-electron chi connectivity index (χ1n) is 13.9. The fraction of sp³-hybridized carbons (Fsp3) is 0.162. The van der Waals surface area contributed by atoms with Crippen LogP contribution < -0.4 is 0 Å². The number of hydrogen-bond acceptors (Lipinski definition) is 4. The summed E-state index contributed by atoms with van der Waals surface area (Å²) in [5, 5.41) is 0. The third-order valence-electron chi connectivity index (χ3n) is 7.00. The van der Waals surface area contributed by atoms with Gasteiger partial charge in [-0.25, -0.2) is 0 Å². The molecule has 1 atom stereocenters. The second-order valence-electron chi connectivity index (χ2n) is 9.82. The predicted octanol–water partition coefficient (Wildman–Crippen LogP) is 7.37. The molecule has 0 saturated carbocycles. The first-order valence-corrected chi connectivity index (χ1v) is 13.9. The highest BCUT2D eigenvalue weighted by Crippen LogP contribution is 2.40. The van der Waals surface area contributed by atoms with Gasteiger partial charge in [0.05, 0.1) is 19.8 Å². The summed E-state index contributed by atoms with van der Waals surface area (Å²) < 4.78 is 19.0. The van der Waals surface area contributed by atoms with E-state index in [4.69, 9.17) is 14.2 Å². The fourth-order valence-corrected chi connectivity index (χ4v) is 4.91. The summed E-state index contributed by atoms with van der Waals surface area (Å²) in [6, 6.07) is 50.0. The maximum Gasteiger partial charge on any atom is 0.189 e. The topological polar surface area (TPSA) is 44.8 Å². The molecule has 1 unspecified atom stereocenters. The molecule has 0 N–H and O–H groups in total. The summed E-state index contributed by atoms with van der Waals surface area (Å²) in [7, 11) is 0. The molecule has 5 aromatic rings. The van der Waals surface area contributed by atoms with Crippen LogP contribution in [0.2, 0.25) is 0 Å². The highest BCUT2D eigenvalue weighted by molar-refractivity contribution is 5.84. The van der Waals surface area contributed by atoms with E-state index >= 15 is 0 Å². The van der Waals surface area contributed by atoms with Crippen LogP contribution in [-0.4, -0.2) is 25.1 Å². The number of carbonyl (C=O) groups is 1. The molecule has 0 saturated heterocycles. The monoisotopic (exact) mass is 542 g/mol. The Labute approximate surface area is 242 Å². The Kier molecular flexibility index (Phi) is 9.85. The average molecular weight is 543 g/mol. The van der Waals surface area contributed by atoms with Crippen molar-refractivity contribution in [1.29, 1.82) is 0 Å². The van der Waals surface area contributed by atoms with E-state index in [1.165, 1.54) is 0 Å². The Balaban J connectivity index is 1.44. The molecular weight excluding hydrogens is 508 g/mol. The van der Waals surface area contributed by atoms with Gasteiger partial charge in [0.15, 0.2) is 5.78 Å². The quantitative estimate of drug-likeness (QED) is 0.138. The zero-order valence-corrected chi connectivity index (χ0v) is 23.0. The van der Waals surface area contributed by atoms with E-state index in [2.05, 4.69) is 36.4 Å². The van der Waals surface area contributed by atoms with E-state index in [-0.39, 0.29) is 25.6 Å². The van der Waals surface area contributed by atoms with Crippen LogP contribution in [0.1, 0.15) is 27.8 Å². The molecule has 4 heteroatoms. The summed E-state index contributed by atoms with van der Waals surface area (Å²) in [6.07, 6.45) is -0.832. The number of Topliss-reactive ketones (excluding diaryl/α,β-unsaturated/α-hetero) is 1. The number of ether oxygens (including phenoxy) is 3. The molecule has 4 nitrogen and oxygen atoms in total. The summed E-state index contributed by atoms with van der Waals surface area (Å²) in [5.74, 6) is -0.167. The zero-order valence-electron chi connectivity index (χ0n) is 23.0. The molecule has 41 heavy (non-hydrogen) atoms. The molecule has 0 aromatic heterocycles. The third kappa shape index (κ3) is 7.24. The number of hydrogen-bond donors (Lipinski definition) is 0. The lowest BCUT2D eigenvalue weighted by molar-refractivity contribution is -0.144. The van der Waals surface area contributed by atoms with Crippen LogP contribution in [0.25, 0.3) is 0 Å². The Morgan fingerprint density at radius 3 is 1.37 bits per heavy atom. The minimum Gasteiger partial charge on any atom is -0.369 e. The average Bonchev–Trinajstić information content (AvgIpc) is 3.05. The second kappa shape index (κ2) is 14.3. The van der Waals surface area contributed by atoms with Gasteiger partial charge >= 0.3 is 0 Å². The molecule has 0 aliphatic carbocycles. The lowest BCUT2D eigenvalue weighted by atomic mass is 9.80. The molecule has 0 bridgehead atoms. The van der Waals surface area contributed by atoms with Crippen molar-refractivity contribution in [2.45, 2.75) is 24.9 Å². The van der Waals surface area contributed by atoms with Crippen LogP contribution in [0.3, 0.4) is 0 Å². The molecule has 0 amide bonds. The molecule has 0 fully saturated rings. The smallest absolute Gasteiger partial charge is 0.189 e. The van der Waals surface area contributed by atoms with E-state index < -0.39 is 11.7 Å². The van der Waals surface area contributed by atoms with Crippen molar-refractivity contribution < 1.29 is 19.0 Å². The highest BCUT2D eigenvalue weighted by Gasteiger charge is 2.39. The number of carbonyl (C=O) groups excluding carboxylic acids is 1. The normalized spacial score (nSPS) is 12.1. The molecule has 0 aliphatic heterocycles. The molecule has 206 valence electrons. The van der Waals surface area contributed by atoms with Crippen LogP contribution in [0, 0.1) is 0 Å². The molecule has 5 aromatic carbocycles. The summed E-state index contributed by atoms with van der Waals surface area (Å²) in [6.45, 7) is 0.598. The Morgan fingerprint density at radius 1 is 0.537 bits per heavy atom. The lowest BCUT2D eigenvalue weighted by Crippen LogP contribution is -2.39. The maximum atomic E-state index is 13.6. The summed E-state index contributed by atoms with van der Waals surface area (Å²) in [4.78, 5) is 13.6. The first-order chi connectivity index (χ1) is 20.3. The van der Waals surface area contributed by atoms with E-state index in [1.807, 2.05) is 115 Å². The number of benzene rings is 5. The van der Waals surface area contributed by atoms with Crippen LogP contribution in [0.4, 0.5) is 0 Å². The van der Waals surface area contributed by atoms with Gasteiger partial charge in [-0.2, -0.15) is 0 Å². The van der Waals surface area contributed by atoms with Crippen LogP contribution in [0.5, 0.6) is 0 Å². The Hall–Kier alpha value is -4.35. The summed E-state index contributed by atoms with van der Waals surface area (Å²) >= 11 is 0. The Bertz CT molecular complexity index is 1360. The summed E-state index contributed by atoms with van der Waals surface area (Å²) in [5.41, 5.74) is 3.93. The minimum absolute atomic E-state index is 0.0407. The maximum absolute atomic E-state index is 13.6. The van der Waals surface area contributed by atoms with Crippen LogP contribution >= 0.6 is 0 Å². The van der Waals surface area contributed by atoms with Crippen LogP contribution in [-0.2, 0) is 37.8 Å².